The molecule has 0 aromatic rings. The third-order valence-electron chi connectivity index (χ3n) is 4.74. The standard InChI is InChI=1S/C19H39N5O.HI/c1-7-20-19(22(6)15-18(25)23(8-2)9-3)21-13-17-11-10-12-24(17)14-16(4)5;/h16-17H,7-15H2,1-6H3,(H,20,21);1H/t17-;/m1./s1. The highest BCUT2D eigenvalue weighted by atomic mass is 127. The molecule has 1 saturated heterocycles. The molecule has 0 aromatic carbocycles. The van der Waals surface area contributed by atoms with Crippen molar-refractivity contribution in [1.82, 2.24) is 20.0 Å². The summed E-state index contributed by atoms with van der Waals surface area (Å²) in [4.78, 5) is 23.6. The van der Waals surface area contributed by atoms with E-state index >= 15 is 0 Å². The number of hydrogen-bond donors (Lipinski definition) is 1. The molecular formula is C19H40IN5O. The minimum absolute atomic E-state index is 0. The van der Waals surface area contributed by atoms with Gasteiger partial charge >= 0.3 is 0 Å². The van der Waals surface area contributed by atoms with E-state index in [0.29, 0.717) is 18.5 Å². The van der Waals surface area contributed by atoms with Crippen molar-refractivity contribution in [2.75, 3.05) is 52.9 Å². The third-order valence-corrected chi connectivity index (χ3v) is 4.74. The number of guanidine groups is 1. The Morgan fingerprint density at radius 2 is 1.92 bits per heavy atom. The molecule has 0 saturated carbocycles. The van der Waals surface area contributed by atoms with Crippen molar-refractivity contribution in [2.45, 2.75) is 53.5 Å². The predicted octanol–water partition coefficient (Wildman–Crippen LogP) is 2.49. The summed E-state index contributed by atoms with van der Waals surface area (Å²) in [5.74, 6) is 1.67. The number of carbonyl (C=O) groups excluding carboxylic acids is 1. The van der Waals surface area contributed by atoms with E-state index in [4.69, 9.17) is 4.99 Å². The van der Waals surface area contributed by atoms with Crippen LogP contribution in [0.5, 0.6) is 0 Å². The Kier molecular flexibility index (Phi) is 13.3. The summed E-state index contributed by atoms with van der Waals surface area (Å²) in [6.45, 7) is 16.5. The van der Waals surface area contributed by atoms with Gasteiger partial charge in [0.05, 0.1) is 13.1 Å². The first-order valence-corrected chi connectivity index (χ1v) is 9.94. The zero-order valence-electron chi connectivity index (χ0n) is 17.6. The lowest BCUT2D eigenvalue weighted by Gasteiger charge is -2.27. The summed E-state index contributed by atoms with van der Waals surface area (Å²) >= 11 is 0. The lowest BCUT2D eigenvalue weighted by molar-refractivity contribution is -0.131. The van der Waals surface area contributed by atoms with Crippen molar-refractivity contribution in [3.8, 4) is 0 Å². The van der Waals surface area contributed by atoms with Gasteiger partial charge in [0.2, 0.25) is 5.91 Å². The normalized spacial score (nSPS) is 18.0. The second-order valence-corrected chi connectivity index (χ2v) is 7.30. The molecule has 0 aliphatic carbocycles. The molecule has 154 valence electrons. The summed E-state index contributed by atoms with van der Waals surface area (Å²) in [7, 11) is 1.95. The predicted molar refractivity (Wildman–Crippen MR) is 121 cm³/mol. The minimum atomic E-state index is 0. The molecule has 1 atom stereocenters. The fraction of sp³-hybridized carbons (Fsp3) is 0.895. The Morgan fingerprint density at radius 1 is 1.27 bits per heavy atom. The topological polar surface area (TPSA) is 51.2 Å². The number of rotatable bonds is 9. The maximum atomic E-state index is 12.4. The number of nitrogens with zero attached hydrogens (tertiary/aromatic N) is 4. The Bertz CT molecular complexity index is 426. The monoisotopic (exact) mass is 481 g/mol. The van der Waals surface area contributed by atoms with Crippen LogP contribution < -0.4 is 5.32 Å². The van der Waals surface area contributed by atoms with Crippen LogP contribution in [0.3, 0.4) is 0 Å². The van der Waals surface area contributed by atoms with Gasteiger partial charge < -0.3 is 15.1 Å². The molecular weight excluding hydrogens is 441 g/mol. The number of hydrogen-bond acceptors (Lipinski definition) is 3. The SMILES string of the molecule is CCNC(=NC[C@H]1CCCN1CC(C)C)N(C)CC(=O)N(CC)CC.I. The molecule has 0 aromatic heterocycles. The lowest BCUT2D eigenvalue weighted by atomic mass is 10.2. The molecule has 0 spiro atoms. The molecule has 1 heterocycles. The quantitative estimate of drug-likeness (QED) is 0.313. The van der Waals surface area contributed by atoms with Crippen molar-refractivity contribution in [1.29, 1.82) is 0 Å². The summed E-state index contributed by atoms with van der Waals surface area (Å²) < 4.78 is 0. The van der Waals surface area contributed by atoms with Gasteiger partial charge in [-0.15, -0.1) is 24.0 Å². The van der Waals surface area contributed by atoms with Crippen LogP contribution in [0, 0.1) is 5.92 Å². The fourth-order valence-corrected chi connectivity index (χ4v) is 3.43. The highest BCUT2D eigenvalue weighted by Gasteiger charge is 2.25. The first-order valence-electron chi connectivity index (χ1n) is 9.94. The summed E-state index contributed by atoms with van der Waals surface area (Å²) in [5, 5.41) is 3.33. The molecule has 1 amide bonds. The molecule has 1 rings (SSSR count). The lowest BCUT2D eigenvalue weighted by Crippen LogP contribution is -2.46. The van der Waals surface area contributed by atoms with Gasteiger partial charge in [0, 0.05) is 39.3 Å². The van der Waals surface area contributed by atoms with E-state index in [1.807, 2.05) is 30.7 Å². The van der Waals surface area contributed by atoms with E-state index in [1.165, 1.54) is 19.4 Å². The van der Waals surface area contributed by atoms with E-state index in [9.17, 15) is 4.79 Å². The van der Waals surface area contributed by atoms with Gasteiger partial charge in [-0.05, 0) is 46.1 Å². The van der Waals surface area contributed by atoms with Crippen molar-refractivity contribution in [3.63, 3.8) is 0 Å². The largest absolute Gasteiger partial charge is 0.357 e. The van der Waals surface area contributed by atoms with Crippen LogP contribution in [0.2, 0.25) is 0 Å². The summed E-state index contributed by atoms with van der Waals surface area (Å²) in [6, 6.07) is 0.530. The number of carbonyl (C=O) groups is 1. The number of aliphatic imine (C=N–C) groups is 1. The maximum Gasteiger partial charge on any atom is 0.242 e. The first kappa shape index (κ1) is 25.4. The maximum absolute atomic E-state index is 12.4. The zero-order chi connectivity index (χ0) is 18.8. The van der Waals surface area contributed by atoms with Crippen LogP contribution in [-0.2, 0) is 4.79 Å². The van der Waals surface area contributed by atoms with E-state index in [-0.39, 0.29) is 29.9 Å². The van der Waals surface area contributed by atoms with Crippen LogP contribution in [0.15, 0.2) is 4.99 Å². The van der Waals surface area contributed by atoms with Gasteiger partial charge in [-0.1, -0.05) is 13.8 Å². The minimum Gasteiger partial charge on any atom is -0.357 e. The second-order valence-electron chi connectivity index (χ2n) is 7.30. The van der Waals surface area contributed by atoms with Crippen LogP contribution in [0.25, 0.3) is 0 Å². The molecule has 1 fully saturated rings. The Morgan fingerprint density at radius 3 is 2.46 bits per heavy atom. The Balaban J connectivity index is 0.00000625. The number of amides is 1. The number of likely N-dealkylation sites (tertiary alicyclic amines) is 1. The average molecular weight is 481 g/mol. The van der Waals surface area contributed by atoms with E-state index in [2.05, 4.69) is 31.0 Å². The van der Waals surface area contributed by atoms with Gasteiger partial charge in [0.25, 0.3) is 0 Å². The molecule has 1 aliphatic heterocycles. The molecule has 7 heteroatoms. The highest BCUT2D eigenvalue weighted by molar-refractivity contribution is 14.0. The van der Waals surface area contributed by atoms with Gasteiger partial charge in [0.15, 0.2) is 5.96 Å². The second kappa shape index (κ2) is 13.6. The van der Waals surface area contributed by atoms with Crippen molar-refractivity contribution in [3.05, 3.63) is 0 Å². The Labute approximate surface area is 177 Å². The average Bonchev–Trinajstić information content (AvgIpc) is 2.98. The van der Waals surface area contributed by atoms with Crippen molar-refractivity contribution >= 4 is 35.8 Å². The van der Waals surface area contributed by atoms with Gasteiger partial charge in [-0.25, -0.2) is 0 Å². The van der Waals surface area contributed by atoms with E-state index in [1.54, 1.807) is 0 Å². The zero-order valence-corrected chi connectivity index (χ0v) is 20.0. The molecule has 1 N–H and O–H groups in total. The van der Waals surface area contributed by atoms with Crippen LogP contribution in [0.4, 0.5) is 0 Å². The molecule has 0 bridgehead atoms. The highest BCUT2D eigenvalue weighted by Crippen LogP contribution is 2.18. The molecule has 0 radical (unpaired) electrons. The number of likely N-dealkylation sites (N-methyl/N-ethyl adjacent to an activating group) is 2. The van der Waals surface area contributed by atoms with Crippen molar-refractivity contribution < 1.29 is 4.79 Å². The molecule has 26 heavy (non-hydrogen) atoms. The number of halogens is 1. The third kappa shape index (κ3) is 8.41. The van der Waals surface area contributed by atoms with Gasteiger partial charge in [-0.2, -0.15) is 0 Å². The molecule has 0 unspecified atom stereocenters. The fourth-order valence-electron chi connectivity index (χ4n) is 3.43. The summed E-state index contributed by atoms with van der Waals surface area (Å²) in [6.07, 6.45) is 2.48. The Hall–Kier alpha value is -0.570. The van der Waals surface area contributed by atoms with E-state index < -0.39 is 0 Å². The van der Waals surface area contributed by atoms with Crippen LogP contribution >= 0.6 is 24.0 Å². The smallest absolute Gasteiger partial charge is 0.242 e. The van der Waals surface area contributed by atoms with Gasteiger partial charge in [-0.3, -0.25) is 14.7 Å². The molecule has 6 nitrogen and oxygen atoms in total. The summed E-state index contributed by atoms with van der Waals surface area (Å²) in [5.41, 5.74) is 0. The first-order chi connectivity index (χ1) is 11.9. The van der Waals surface area contributed by atoms with Crippen LogP contribution in [-0.4, -0.2) is 85.5 Å². The van der Waals surface area contributed by atoms with Gasteiger partial charge in [0.1, 0.15) is 0 Å². The number of nitrogens with one attached hydrogen (secondary N) is 1. The van der Waals surface area contributed by atoms with Crippen molar-refractivity contribution in [2.24, 2.45) is 10.9 Å². The molecule has 1 aliphatic rings. The van der Waals surface area contributed by atoms with Crippen LogP contribution in [0.1, 0.15) is 47.5 Å². The van der Waals surface area contributed by atoms with E-state index in [0.717, 1.165) is 38.7 Å².